The highest BCUT2D eigenvalue weighted by Gasteiger charge is 2.47. The Balaban J connectivity index is 2.00. The fraction of sp³-hybridized carbons (Fsp3) is 0.500. The van der Waals surface area contributed by atoms with Crippen LogP contribution >= 0.6 is 27.7 Å². The van der Waals surface area contributed by atoms with E-state index in [2.05, 4.69) is 39.7 Å². The van der Waals surface area contributed by atoms with Gasteiger partial charge in [-0.2, -0.15) is 0 Å². The van der Waals surface area contributed by atoms with Crippen molar-refractivity contribution in [3.63, 3.8) is 0 Å². The van der Waals surface area contributed by atoms with Gasteiger partial charge < -0.3 is 4.90 Å². The molecule has 0 amide bonds. The van der Waals surface area contributed by atoms with Crippen LogP contribution < -0.4 is 4.90 Å². The van der Waals surface area contributed by atoms with Crippen LogP contribution in [0.3, 0.4) is 0 Å². The fourth-order valence-corrected chi connectivity index (χ4v) is 5.96. The van der Waals surface area contributed by atoms with Gasteiger partial charge in [-0.3, -0.25) is 4.99 Å². The lowest BCUT2D eigenvalue weighted by Crippen LogP contribution is -2.39. The molecule has 0 aromatic heterocycles. The van der Waals surface area contributed by atoms with E-state index in [1.165, 1.54) is 0 Å². The molecule has 0 aliphatic carbocycles. The third-order valence-corrected chi connectivity index (χ3v) is 6.71. The second-order valence-electron chi connectivity index (χ2n) is 5.64. The minimum absolute atomic E-state index is 0.0643. The monoisotopic (exact) mass is 388 g/mol. The van der Waals surface area contributed by atoms with E-state index < -0.39 is 9.84 Å². The van der Waals surface area contributed by atoms with Crippen molar-refractivity contribution in [1.82, 2.24) is 0 Å². The molecule has 0 radical (unpaired) electrons. The van der Waals surface area contributed by atoms with Crippen LogP contribution in [0, 0.1) is 0 Å². The first-order valence-electron chi connectivity index (χ1n) is 6.85. The van der Waals surface area contributed by atoms with E-state index in [1.54, 1.807) is 11.8 Å². The molecule has 3 rings (SSSR count). The van der Waals surface area contributed by atoms with Crippen molar-refractivity contribution in [1.29, 1.82) is 0 Å². The lowest BCUT2D eigenvalue weighted by atomic mass is 10.1. The molecule has 1 aromatic carbocycles. The van der Waals surface area contributed by atoms with Gasteiger partial charge in [-0.1, -0.05) is 47.6 Å². The number of anilines is 1. The Morgan fingerprint density at radius 3 is 2.81 bits per heavy atom. The number of halogens is 1. The molecule has 2 aliphatic heterocycles. The van der Waals surface area contributed by atoms with E-state index in [0.717, 1.165) is 15.3 Å². The molecule has 0 saturated carbocycles. The van der Waals surface area contributed by atoms with E-state index in [4.69, 9.17) is 0 Å². The van der Waals surface area contributed by atoms with Gasteiger partial charge in [0.1, 0.15) is 0 Å². The van der Waals surface area contributed by atoms with E-state index in [-0.39, 0.29) is 23.6 Å². The summed E-state index contributed by atoms with van der Waals surface area (Å²) in [4.78, 5) is 6.79. The number of hydrogen-bond donors (Lipinski definition) is 0. The van der Waals surface area contributed by atoms with Crippen LogP contribution in [-0.2, 0) is 9.84 Å². The lowest BCUT2D eigenvalue weighted by Gasteiger charge is -2.27. The van der Waals surface area contributed by atoms with Crippen molar-refractivity contribution in [3.05, 3.63) is 28.7 Å². The zero-order chi connectivity index (χ0) is 15.2. The second-order valence-corrected chi connectivity index (χ2v) is 10.3. The van der Waals surface area contributed by atoms with Crippen molar-refractivity contribution in [3.8, 4) is 0 Å². The topological polar surface area (TPSA) is 49.7 Å². The van der Waals surface area contributed by atoms with E-state index in [1.807, 2.05) is 24.3 Å². The number of rotatable bonds is 2. The predicted molar refractivity (Wildman–Crippen MR) is 93.0 cm³/mol. The summed E-state index contributed by atoms with van der Waals surface area (Å²) in [5, 5.41) is 1.35. The molecule has 0 N–H and O–H groups in total. The van der Waals surface area contributed by atoms with Crippen molar-refractivity contribution >= 4 is 48.4 Å². The van der Waals surface area contributed by atoms with Crippen LogP contribution in [0.5, 0.6) is 0 Å². The Morgan fingerprint density at radius 1 is 1.38 bits per heavy atom. The van der Waals surface area contributed by atoms with E-state index in [0.29, 0.717) is 5.25 Å². The predicted octanol–water partition coefficient (Wildman–Crippen LogP) is 2.93. The quantitative estimate of drug-likeness (QED) is 0.781. The van der Waals surface area contributed by atoms with Gasteiger partial charge in [-0.05, 0) is 18.2 Å². The van der Waals surface area contributed by atoms with Gasteiger partial charge in [0.05, 0.1) is 23.6 Å². The minimum atomic E-state index is -2.98. The minimum Gasteiger partial charge on any atom is -0.315 e. The molecule has 2 heterocycles. The molecule has 1 fully saturated rings. The highest BCUT2D eigenvalue weighted by molar-refractivity contribution is 9.10. The summed E-state index contributed by atoms with van der Waals surface area (Å²) in [6, 6.07) is 7.77. The first-order chi connectivity index (χ1) is 9.85. The molecule has 7 heteroatoms. The van der Waals surface area contributed by atoms with Gasteiger partial charge in [-0.25, -0.2) is 8.42 Å². The van der Waals surface area contributed by atoms with Gasteiger partial charge in [-0.15, -0.1) is 0 Å². The maximum atomic E-state index is 11.9. The maximum Gasteiger partial charge on any atom is 0.164 e. The summed E-state index contributed by atoms with van der Waals surface area (Å²) < 4.78 is 24.8. The average molecular weight is 389 g/mol. The summed E-state index contributed by atoms with van der Waals surface area (Å²) in [7, 11) is -2.98. The van der Waals surface area contributed by atoms with Gasteiger partial charge in [0, 0.05) is 15.4 Å². The molecule has 0 bridgehead atoms. The highest BCUT2D eigenvalue weighted by atomic mass is 79.9. The number of sulfone groups is 1. The van der Waals surface area contributed by atoms with Gasteiger partial charge in [0.2, 0.25) is 0 Å². The standard InChI is InChI=1S/C14H17BrN2O2S2/c1-9(2)20-14-16-12-7-21(18,19)8-13(12)17(14)11-5-3-4-10(15)6-11/h3-6,9,12-13H,7-8H2,1-2H3/t12-,13-/m1/s1. The van der Waals surface area contributed by atoms with Crippen LogP contribution in [0.15, 0.2) is 33.7 Å². The number of nitrogens with zero attached hydrogens (tertiary/aromatic N) is 2. The van der Waals surface area contributed by atoms with Crippen LogP contribution in [0.1, 0.15) is 13.8 Å². The summed E-state index contributed by atoms with van der Waals surface area (Å²) in [6.45, 7) is 4.24. The van der Waals surface area contributed by atoms with Gasteiger partial charge in [0.25, 0.3) is 0 Å². The van der Waals surface area contributed by atoms with Crippen molar-refractivity contribution < 1.29 is 8.42 Å². The van der Waals surface area contributed by atoms with Crippen LogP contribution in [0.4, 0.5) is 5.69 Å². The van der Waals surface area contributed by atoms with Crippen LogP contribution in [-0.4, -0.2) is 42.4 Å². The highest BCUT2D eigenvalue weighted by Crippen LogP contribution is 2.36. The molecule has 2 atom stereocenters. The lowest BCUT2D eigenvalue weighted by molar-refractivity contribution is 0.601. The van der Waals surface area contributed by atoms with Crippen molar-refractivity contribution in [2.45, 2.75) is 31.2 Å². The Kier molecular flexibility index (Phi) is 4.09. The largest absolute Gasteiger partial charge is 0.315 e. The molecule has 0 unspecified atom stereocenters. The maximum absolute atomic E-state index is 11.9. The van der Waals surface area contributed by atoms with Crippen LogP contribution in [0.2, 0.25) is 0 Å². The fourth-order valence-electron chi connectivity index (χ4n) is 2.75. The van der Waals surface area contributed by atoms with Crippen molar-refractivity contribution in [2.24, 2.45) is 4.99 Å². The Labute approximate surface area is 138 Å². The molecular formula is C14H17BrN2O2S2. The number of aliphatic imine (C=N–C) groups is 1. The second kappa shape index (κ2) is 5.59. The average Bonchev–Trinajstić information content (AvgIpc) is 2.79. The molecule has 1 aromatic rings. The van der Waals surface area contributed by atoms with Crippen molar-refractivity contribution in [2.75, 3.05) is 16.4 Å². The number of hydrogen-bond acceptors (Lipinski definition) is 5. The Morgan fingerprint density at radius 2 is 2.14 bits per heavy atom. The Hall–Kier alpha value is -0.530. The van der Waals surface area contributed by atoms with Crippen LogP contribution in [0.25, 0.3) is 0 Å². The summed E-state index contributed by atoms with van der Waals surface area (Å²) in [5.74, 6) is 0.361. The molecule has 1 saturated heterocycles. The molecule has 21 heavy (non-hydrogen) atoms. The molecule has 2 aliphatic rings. The number of benzene rings is 1. The molecular weight excluding hydrogens is 372 g/mol. The Bertz CT molecular complexity index is 688. The smallest absolute Gasteiger partial charge is 0.164 e. The third-order valence-electron chi connectivity index (χ3n) is 3.54. The number of thioether (sulfide) groups is 1. The third kappa shape index (κ3) is 3.14. The zero-order valence-electron chi connectivity index (χ0n) is 11.9. The summed E-state index contributed by atoms with van der Waals surface area (Å²) in [5.41, 5.74) is 1.00. The SMILES string of the molecule is CC(C)SC1=N[C@@H]2CS(=O)(=O)C[C@H]2N1c1cccc(Br)c1. The van der Waals surface area contributed by atoms with E-state index >= 15 is 0 Å². The van der Waals surface area contributed by atoms with E-state index in [9.17, 15) is 8.42 Å². The zero-order valence-corrected chi connectivity index (χ0v) is 15.1. The molecule has 0 spiro atoms. The first kappa shape index (κ1) is 15.4. The summed E-state index contributed by atoms with van der Waals surface area (Å²) >= 11 is 5.18. The first-order valence-corrected chi connectivity index (χ1v) is 10.3. The number of amidine groups is 1. The molecule has 4 nitrogen and oxygen atoms in total. The molecule has 114 valence electrons. The summed E-state index contributed by atoms with van der Waals surface area (Å²) in [6.07, 6.45) is 0. The number of fused-ring (bicyclic) bond motifs is 1. The normalized spacial score (nSPS) is 27.0. The van der Waals surface area contributed by atoms with Gasteiger partial charge in [0.15, 0.2) is 15.0 Å². The van der Waals surface area contributed by atoms with Gasteiger partial charge >= 0.3 is 0 Å².